The molecule has 7 nitrogen and oxygen atoms in total. The number of amides is 1. The van der Waals surface area contributed by atoms with Crippen molar-refractivity contribution in [2.75, 3.05) is 25.2 Å². The molecule has 2 heterocycles. The fourth-order valence-electron chi connectivity index (χ4n) is 3.44. The van der Waals surface area contributed by atoms with Crippen molar-refractivity contribution < 1.29 is 19.4 Å². The predicted molar refractivity (Wildman–Crippen MR) is 114 cm³/mol. The number of methoxy groups -OCH3 is 1. The van der Waals surface area contributed by atoms with Crippen molar-refractivity contribution in [3.05, 3.63) is 58.7 Å². The Balaban J connectivity index is 1.51. The maximum absolute atomic E-state index is 13.0. The van der Waals surface area contributed by atoms with Crippen LogP contribution in [-0.2, 0) is 4.79 Å². The van der Waals surface area contributed by atoms with E-state index in [9.17, 15) is 9.90 Å². The Hall–Kier alpha value is -2.90. The molecule has 0 unspecified atom stereocenters. The highest BCUT2D eigenvalue weighted by atomic mass is 35.5. The Morgan fingerprint density at radius 2 is 1.97 bits per heavy atom. The van der Waals surface area contributed by atoms with Crippen molar-refractivity contribution in [1.29, 1.82) is 0 Å². The van der Waals surface area contributed by atoms with E-state index >= 15 is 0 Å². The number of ether oxygens (including phenoxy) is 2. The van der Waals surface area contributed by atoms with Crippen LogP contribution in [0.15, 0.2) is 47.8 Å². The van der Waals surface area contributed by atoms with Gasteiger partial charge in [-0.25, -0.2) is 9.97 Å². The van der Waals surface area contributed by atoms with Gasteiger partial charge in [0.05, 0.1) is 24.3 Å². The van der Waals surface area contributed by atoms with E-state index in [0.29, 0.717) is 35.3 Å². The summed E-state index contributed by atoms with van der Waals surface area (Å²) in [6.07, 6.45) is 5.58. The highest BCUT2D eigenvalue weighted by molar-refractivity contribution is 6.30. The quantitative estimate of drug-likeness (QED) is 0.760. The molecule has 4 rings (SSSR count). The van der Waals surface area contributed by atoms with Gasteiger partial charge in [0.2, 0.25) is 0 Å². The molecule has 2 aromatic rings. The first-order valence-corrected chi connectivity index (χ1v) is 9.88. The zero-order chi connectivity index (χ0) is 21.5. The lowest BCUT2D eigenvalue weighted by Gasteiger charge is -2.22. The average Bonchev–Trinajstić information content (AvgIpc) is 3.26. The topological polar surface area (TPSA) is 84.8 Å². The maximum Gasteiger partial charge on any atom is 0.255 e. The van der Waals surface area contributed by atoms with Crippen molar-refractivity contribution in [1.82, 2.24) is 9.97 Å². The number of rotatable bonds is 6. The summed E-state index contributed by atoms with van der Waals surface area (Å²) in [7, 11) is 1.54. The summed E-state index contributed by atoms with van der Waals surface area (Å²) in [5.74, 6) is 1.56. The van der Waals surface area contributed by atoms with E-state index in [1.807, 2.05) is 12.1 Å². The molecule has 0 atom stereocenters. The number of hydrogen-bond donors (Lipinski definition) is 1. The van der Waals surface area contributed by atoms with Crippen LogP contribution in [0.2, 0.25) is 5.02 Å². The van der Waals surface area contributed by atoms with Gasteiger partial charge in [0.15, 0.2) is 17.3 Å². The van der Waals surface area contributed by atoms with Crippen molar-refractivity contribution in [2.45, 2.75) is 25.9 Å². The average molecular weight is 428 g/mol. The molecule has 1 aromatic heterocycles. The highest BCUT2D eigenvalue weighted by Crippen LogP contribution is 2.40. The van der Waals surface area contributed by atoms with Crippen LogP contribution in [0.5, 0.6) is 11.5 Å². The fourth-order valence-corrected chi connectivity index (χ4v) is 3.54. The third-order valence-electron chi connectivity index (χ3n) is 4.88. The van der Waals surface area contributed by atoms with Crippen LogP contribution >= 0.6 is 11.6 Å². The third kappa shape index (κ3) is 4.04. The number of halogens is 1. The highest BCUT2D eigenvalue weighted by Gasteiger charge is 2.35. The number of aromatic nitrogens is 2. The number of carbonyl (C=O) groups is 1. The van der Waals surface area contributed by atoms with Gasteiger partial charge in [-0.2, -0.15) is 0 Å². The second kappa shape index (κ2) is 7.74. The van der Waals surface area contributed by atoms with E-state index in [0.717, 1.165) is 22.4 Å². The normalized spacial score (nSPS) is 16.1. The molecule has 0 spiro atoms. The second-order valence-corrected chi connectivity index (χ2v) is 8.34. The molecule has 30 heavy (non-hydrogen) atoms. The van der Waals surface area contributed by atoms with Gasteiger partial charge in [0.1, 0.15) is 6.61 Å². The molecule has 1 aromatic carbocycles. The van der Waals surface area contributed by atoms with Crippen LogP contribution in [0, 0.1) is 0 Å². The van der Waals surface area contributed by atoms with Gasteiger partial charge in [-0.3, -0.25) is 4.79 Å². The summed E-state index contributed by atoms with van der Waals surface area (Å²) in [6.45, 7) is 3.93. The third-order valence-corrected chi connectivity index (χ3v) is 5.08. The van der Waals surface area contributed by atoms with Crippen molar-refractivity contribution in [3.63, 3.8) is 0 Å². The Morgan fingerprint density at radius 3 is 2.60 bits per heavy atom. The number of allylic oxidation sites excluding steroid dienone is 1. The summed E-state index contributed by atoms with van der Waals surface area (Å²) in [5.41, 5.74) is 2.40. The van der Waals surface area contributed by atoms with Crippen LogP contribution in [0.25, 0.3) is 5.57 Å². The van der Waals surface area contributed by atoms with Gasteiger partial charge in [-0.1, -0.05) is 11.6 Å². The Bertz CT molecular complexity index is 1060. The minimum absolute atomic E-state index is 0.0440. The van der Waals surface area contributed by atoms with Crippen molar-refractivity contribution in [2.24, 2.45) is 0 Å². The molecule has 0 fully saturated rings. The van der Waals surface area contributed by atoms with E-state index in [1.54, 1.807) is 50.4 Å². The summed E-state index contributed by atoms with van der Waals surface area (Å²) < 4.78 is 11.1. The molecule has 1 aliphatic heterocycles. The molecule has 0 saturated carbocycles. The minimum atomic E-state index is -0.961. The van der Waals surface area contributed by atoms with Crippen LogP contribution in [0.3, 0.4) is 0 Å². The van der Waals surface area contributed by atoms with E-state index < -0.39 is 5.60 Å². The second-order valence-electron chi connectivity index (χ2n) is 7.90. The molecule has 156 valence electrons. The van der Waals surface area contributed by atoms with Gasteiger partial charge >= 0.3 is 0 Å². The van der Waals surface area contributed by atoms with Crippen molar-refractivity contribution >= 4 is 28.8 Å². The summed E-state index contributed by atoms with van der Waals surface area (Å²) in [5, 5.41) is 10.3. The monoisotopic (exact) mass is 427 g/mol. The fraction of sp³-hybridized carbons (Fsp3) is 0.318. The van der Waals surface area contributed by atoms with Gasteiger partial charge < -0.3 is 19.5 Å². The zero-order valence-electron chi connectivity index (χ0n) is 17.0. The minimum Gasteiger partial charge on any atom is -0.493 e. The summed E-state index contributed by atoms with van der Waals surface area (Å²) >= 11 is 5.85. The molecule has 1 N–H and O–H groups in total. The smallest absolute Gasteiger partial charge is 0.255 e. The molecule has 0 radical (unpaired) electrons. The SMILES string of the molecule is COc1cc(N2CC3=C(CC(c4ncc(Cl)cn4)=C3)C2=O)ccc1OCC(C)(C)O. The van der Waals surface area contributed by atoms with Crippen LogP contribution in [-0.4, -0.2) is 46.8 Å². The number of anilines is 1. The lowest BCUT2D eigenvalue weighted by molar-refractivity contribution is -0.114. The van der Waals surface area contributed by atoms with Crippen LogP contribution in [0.1, 0.15) is 26.1 Å². The molecule has 1 aliphatic carbocycles. The number of aliphatic hydroxyl groups is 1. The Kier molecular flexibility index (Phi) is 5.26. The summed E-state index contributed by atoms with van der Waals surface area (Å²) in [6, 6.07) is 5.33. The van der Waals surface area contributed by atoms with Gasteiger partial charge in [0.25, 0.3) is 5.91 Å². The zero-order valence-corrected chi connectivity index (χ0v) is 17.7. The lowest BCUT2D eigenvalue weighted by Crippen LogP contribution is -2.28. The lowest BCUT2D eigenvalue weighted by atomic mass is 10.1. The first-order valence-electron chi connectivity index (χ1n) is 9.51. The summed E-state index contributed by atoms with van der Waals surface area (Å²) in [4.78, 5) is 23.2. The van der Waals surface area contributed by atoms with E-state index in [1.165, 1.54) is 0 Å². The Labute approximate surface area is 179 Å². The largest absolute Gasteiger partial charge is 0.493 e. The molecule has 8 heteroatoms. The van der Waals surface area contributed by atoms with E-state index in [-0.39, 0.29) is 12.5 Å². The van der Waals surface area contributed by atoms with Crippen LogP contribution < -0.4 is 14.4 Å². The molecule has 2 aliphatic rings. The van der Waals surface area contributed by atoms with E-state index in [2.05, 4.69) is 9.97 Å². The maximum atomic E-state index is 13.0. The number of nitrogens with zero attached hydrogens (tertiary/aromatic N) is 3. The first kappa shape index (κ1) is 20.4. The van der Waals surface area contributed by atoms with E-state index in [4.69, 9.17) is 21.1 Å². The first-order chi connectivity index (χ1) is 14.2. The number of hydrogen-bond acceptors (Lipinski definition) is 6. The van der Waals surface area contributed by atoms with Gasteiger partial charge in [-0.15, -0.1) is 0 Å². The van der Waals surface area contributed by atoms with Gasteiger partial charge in [-0.05, 0) is 37.6 Å². The number of benzene rings is 1. The molecular weight excluding hydrogens is 406 g/mol. The van der Waals surface area contributed by atoms with Gasteiger partial charge in [0, 0.05) is 41.7 Å². The van der Waals surface area contributed by atoms with Crippen molar-refractivity contribution in [3.8, 4) is 11.5 Å². The molecule has 0 bridgehead atoms. The molecular formula is C22H22ClN3O4. The number of carbonyl (C=O) groups excluding carboxylic acids is 1. The predicted octanol–water partition coefficient (Wildman–Crippen LogP) is 3.42. The molecule has 1 amide bonds. The van der Waals surface area contributed by atoms with Crippen LogP contribution in [0.4, 0.5) is 5.69 Å². The molecule has 0 saturated heterocycles. The Morgan fingerprint density at radius 1 is 1.23 bits per heavy atom. The standard InChI is InChI=1S/C22H22ClN3O4/c1-22(2,28)12-30-18-5-4-16(8-19(18)29-3)26-11-14-6-13(7-17(14)21(26)27)20-24-9-15(23)10-25-20/h4-6,8-10,28H,7,11-12H2,1-3H3.